The molecule has 1 aliphatic heterocycles. The highest BCUT2D eigenvalue weighted by molar-refractivity contribution is 9.10. The third kappa shape index (κ3) is 4.48. The van der Waals surface area contributed by atoms with Gasteiger partial charge in [0.15, 0.2) is 5.11 Å². The molecule has 0 aromatic heterocycles. The van der Waals surface area contributed by atoms with Gasteiger partial charge in [0.05, 0.1) is 11.6 Å². The molecule has 2 aromatic carbocycles. The quantitative estimate of drug-likeness (QED) is 0.476. The zero-order chi connectivity index (χ0) is 20.3. The molecular formula is C20H18BrClN2O3S. The van der Waals surface area contributed by atoms with Crippen LogP contribution in [0.25, 0.3) is 6.08 Å². The number of nitrogens with zero attached hydrogens (tertiary/aromatic N) is 1. The molecule has 1 aliphatic rings. The van der Waals surface area contributed by atoms with Crippen molar-refractivity contribution in [2.75, 3.05) is 13.7 Å². The van der Waals surface area contributed by atoms with Gasteiger partial charge in [-0.15, -0.1) is 0 Å². The van der Waals surface area contributed by atoms with E-state index in [-0.39, 0.29) is 5.91 Å². The van der Waals surface area contributed by atoms with Crippen molar-refractivity contribution in [1.82, 2.24) is 10.2 Å². The number of hydrogen-bond donors (Lipinski definition) is 1. The van der Waals surface area contributed by atoms with E-state index < -0.39 is 0 Å². The van der Waals surface area contributed by atoms with E-state index >= 15 is 0 Å². The zero-order valence-electron chi connectivity index (χ0n) is 15.3. The van der Waals surface area contributed by atoms with Crippen LogP contribution in [0.3, 0.4) is 0 Å². The molecule has 8 heteroatoms. The number of methoxy groups -OCH3 is 1. The van der Waals surface area contributed by atoms with Crippen LogP contribution >= 0.6 is 39.7 Å². The largest absolute Gasteiger partial charge is 0.496 e. The molecule has 0 unspecified atom stereocenters. The van der Waals surface area contributed by atoms with Crippen LogP contribution in [0.4, 0.5) is 0 Å². The Morgan fingerprint density at radius 1 is 1.25 bits per heavy atom. The highest BCUT2D eigenvalue weighted by Crippen LogP contribution is 2.30. The fourth-order valence-electron chi connectivity index (χ4n) is 2.77. The molecule has 1 N–H and O–H groups in total. The Balaban J connectivity index is 1.83. The summed E-state index contributed by atoms with van der Waals surface area (Å²) in [6.07, 6.45) is 1.77. The Hall–Kier alpha value is -2.09. The first kappa shape index (κ1) is 20.6. The van der Waals surface area contributed by atoms with E-state index in [4.69, 9.17) is 33.3 Å². The number of halogens is 2. The van der Waals surface area contributed by atoms with E-state index in [1.54, 1.807) is 31.4 Å². The molecule has 2 aromatic rings. The number of thiocarbonyl (C=S) groups is 1. The van der Waals surface area contributed by atoms with Crippen molar-refractivity contribution in [3.05, 3.63) is 62.7 Å². The summed E-state index contributed by atoms with van der Waals surface area (Å²) in [7, 11) is 1.61. The van der Waals surface area contributed by atoms with Crippen LogP contribution in [-0.4, -0.2) is 29.6 Å². The molecule has 0 bridgehead atoms. The van der Waals surface area contributed by atoms with E-state index in [1.807, 2.05) is 25.1 Å². The molecule has 0 saturated carbocycles. The molecule has 5 nitrogen and oxygen atoms in total. The van der Waals surface area contributed by atoms with E-state index in [2.05, 4.69) is 21.2 Å². The lowest BCUT2D eigenvalue weighted by Gasteiger charge is -2.12. The van der Waals surface area contributed by atoms with Gasteiger partial charge in [0, 0.05) is 17.1 Å². The summed E-state index contributed by atoms with van der Waals surface area (Å²) in [5, 5.41) is 4.00. The van der Waals surface area contributed by atoms with E-state index in [1.165, 1.54) is 4.90 Å². The molecule has 28 heavy (non-hydrogen) atoms. The van der Waals surface area contributed by atoms with E-state index in [9.17, 15) is 4.79 Å². The molecule has 0 aliphatic carbocycles. The maximum absolute atomic E-state index is 12.4. The molecule has 0 atom stereocenters. The van der Waals surface area contributed by atoms with Crippen LogP contribution in [0.1, 0.15) is 18.1 Å². The van der Waals surface area contributed by atoms with E-state index in [0.29, 0.717) is 40.5 Å². The van der Waals surface area contributed by atoms with Crippen molar-refractivity contribution in [2.24, 2.45) is 0 Å². The number of carbonyl (C=O) groups is 1. The summed E-state index contributed by atoms with van der Waals surface area (Å²) < 4.78 is 12.1. The third-order valence-electron chi connectivity index (χ3n) is 4.17. The number of nitrogens with one attached hydrogen (secondary N) is 1. The zero-order valence-corrected chi connectivity index (χ0v) is 18.5. The Bertz CT molecular complexity index is 964. The smallest absolute Gasteiger partial charge is 0.276 e. The second-order valence-corrected chi connectivity index (χ2v) is 7.65. The number of rotatable bonds is 6. The minimum absolute atomic E-state index is 0.133. The van der Waals surface area contributed by atoms with Gasteiger partial charge in [0.2, 0.25) is 0 Å². The van der Waals surface area contributed by atoms with Crippen LogP contribution in [0, 0.1) is 0 Å². The molecule has 0 radical (unpaired) electrons. The summed E-state index contributed by atoms with van der Waals surface area (Å²) in [6, 6.07) is 11.0. The standard InChI is InChI=1S/C20H18BrClN2O3S/c1-3-24-19(25)16(23-20(24)28)9-12-4-6-17(26-2)13(8-12)11-27-18-7-5-14(22)10-15(18)21/h4-10H,3,11H2,1-2H3,(H,23,28)/b16-9+. The van der Waals surface area contributed by atoms with Crippen molar-refractivity contribution >= 4 is 56.8 Å². The Labute approximate surface area is 182 Å². The summed E-state index contributed by atoms with van der Waals surface area (Å²) in [4.78, 5) is 13.9. The van der Waals surface area contributed by atoms with Crippen molar-refractivity contribution in [2.45, 2.75) is 13.5 Å². The van der Waals surface area contributed by atoms with Gasteiger partial charge in [0.1, 0.15) is 23.8 Å². The minimum Gasteiger partial charge on any atom is -0.496 e. The third-order valence-corrected chi connectivity index (χ3v) is 5.35. The summed E-state index contributed by atoms with van der Waals surface area (Å²) in [5.41, 5.74) is 2.13. The van der Waals surface area contributed by atoms with Crippen molar-refractivity contribution < 1.29 is 14.3 Å². The van der Waals surface area contributed by atoms with Crippen LogP contribution in [-0.2, 0) is 11.4 Å². The Morgan fingerprint density at radius 2 is 2.00 bits per heavy atom. The lowest BCUT2D eigenvalue weighted by Crippen LogP contribution is -2.30. The number of amides is 1. The van der Waals surface area contributed by atoms with Gasteiger partial charge in [-0.1, -0.05) is 17.7 Å². The highest BCUT2D eigenvalue weighted by Gasteiger charge is 2.29. The van der Waals surface area contributed by atoms with Gasteiger partial charge >= 0.3 is 0 Å². The maximum Gasteiger partial charge on any atom is 0.276 e. The number of likely N-dealkylation sites (N-methyl/N-ethyl adjacent to an activating group) is 1. The monoisotopic (exact) mass is 480 g/mol. The molecular weight excluding hydrogens is 464 g/mol. The molecule has 146 valence electrons. The molecule has 1 fully saturated rings. The normalized spacial score (nSPS) is 15.1. The number of ether oxygens (including phenoxy) is 2. The van der Waals surface area contributed by atoms with Gasteiger partial charge in [-0.25, -0.2) is 0 Å². The van der Waals surface area contributed by atoms with Crippen molar-refractivity contribution in [1.29, 1.82) is 0 Å². The van der Waals surface area contributed by atoms with Crippen molar-refractivity contribution in [3.63, 3.8) is 0 Å². The predicted octanol–water partition coefficient (Wildman–Crippen LogP) is 4.77. The van der Waals surface area contributed by atoms with Crippen LogP contribution < -0.4 is 14.8 Å². The number of carbonyl (C=O) groups excluding carboxylic acids is 1. The summed E-state index contributed by atoms with van der Waals surface area (Å²) in [6.45, 7) is 2.70. The molecule has 1 saturated heterocycles. The fraction of sp³-hybridized carbons (Fsp3) is 0.200. The first-order chi connectivity index (χ1) is 13.4. The molecule has 3 rings (SSSR count). The second-order valence-electron chi connectivity index (χ2n) is 5.97. The SMILES string of the molecule is CCN1C(=O)/C(=C\c2ccc(OC)c(COc3ccc(Cl)cc3Br)c2)NC1=S. The summed E-state index contributed by atoms with van der Waals surface area (Å²) in [5.74, 6) is 1.24. The fourth-order valence-corrected chi connectivity index (χ4v) is 3.89. The highest BCUT2D eigenvalue weighted by atomic mass is 79.9. The van der Waals surface area contributed by atoms with Gasteiger partial charge in [-0.2, -0.15) is 0 Å². The average Bonchev–Trinajstić information content (AvgIpc) is 2.93. The lowest BCUT2D eigenvalue weighted by atomic mass is 10.1. The Kier molecular flexibility index (Phi) is 6.59. The Morgan fingerprint density at radius 3 is 2.64 bits per heavy atom. The van der Waals surface area contributed by atoms with Crippen LogP contribution in [0.15, 0.2) is 46.6 Å². The molecule has 0 spiro atoms. The molecule has 1 amide bonds. The van der Waals surface area contributed by atoms with Gasteiger partial charge in [-0.3, -0.25) is 9.69 Å². The van der Waals surface area contributed by atoms with Gasteiger partial charge in [-0.05, 0) is 77.0 Å². The molecule has 1 heterocycles. The van der Waals surface area contributed by atoms with Crippen LogP contribution in [0.5, 0.6) is 11.5 Å². The van der Waals surface area contributed by atoms with Gasteiger partial charge in [0.25, 0.3) is 5.91 Å². The van der Waals surface area contributed by atoms with Crippen LogP contribution in [0.2, 0.25) is 5.02 Å². The number of benzene rings is 2. The number of hydrogen-bond acceptors (Lipinski definition) is 4. The van der Waals surface area contributed by atoms with Crippen molar-refractivity contribution in [3.8, 4) is 11.5 Å². The predicted molar refractivity (Wildman–Crippen MR) is 118 cm³/mol. The second kappa shape index (κ2) is 8.94. The summed E-state index contributed by atoms with van der Waals surface area (Å²) >= 11 is 14.6. The maximum atomic E-state index is 12.4. The lowest BCUT2D eigenvalue weighted by molar-refractivity contribution is -0.122. The first-order valence-electron chi connectivity index (χ1n) is 8.52. The van der Waals surface area contributed by atoms with Gasteiger partial charge < -0.3 is 14.8 Å². The first-order valence-corrected chi connectivity index (χ1v) is 10.1. The average molecular weight is 482 g/mol. The minimum atomic E-state index is -0.133. The topological polar surface area (TPSA) is 50.8 Å². The van der Waals surface area contributed by atoms with E-state index in [0.717, 1.165) is 15.6 Å².